The first-order valence-electron chi connectivity index (χ1n) is 11.8. The van der Waals surface area contributed by atoms with Crippen molar-refractivity contribution in [2.24, 2.45) is 0 Å². The number of ether oxygens (including phenoxy) is 1. The molecule has 2 heterocycles. The van der Waals surface area contributed by atoms with Crippen molar-refractivity contribution in [1.82, 2.24) is 9.80 Å². The van der Waals surface area contributed by atoms with Crippen LogP contribution >= 0.6 is 0 Å². The van der Waals surface area contributed by atoms with Crippen molar-refractivity contribution in [2.75, 3.05) is 26.2 Å². The minimum Gasteiger partial charge on any atom is -0.503 e. The van der Waals surface area contributed by atoms with Gasteiger partial charge in [0.2, 0.25) is 5.78 Å². The van der Waals surface area contributed by atoms with Gasteiger partial charge in [-0.15, -0.1) is 0 Å². The van der Waals surface area contributed by atoms with Crippen LogP contribution in [0, 0.1) is 0 Å². The van der Waals surface area contributed by atoms with Crippen LogP contribution in [0.1, 0.15) is 41.6 Å². The molecule has 3 aromatic rings. The van der Waals surface area contributed by atoms with E-state index in [-0.39, 0.29) is 11.3 Å². The van der Waals surface area contributed by atoms with Gasteiger partial charge in [0.1, 0.15) is 12.4 Å². The van der Waals surface area contributed by atoms with Gasteiger partial charge in [0.05, 0.1) is 17.9 Å². The van der Waals surface area contributed by atoms with Gasteiger partial charge in [-0.2, -0.15) is 0 Å². The summed E-state index contributed by atoms with van der Waals surface area (Å²) in [4.78, 5) is 30.1. The number of Topliss-reactive ketones (excluding diaryl/α,β-unsaturated/α-hetero) is 1. The Morgan fingerprint density at radius 3 is 2.37 bits per heavy atom. The van der Waals surface area contributed by atoms with E-state index in [0.717, 1.165) is 18.7 Å². The average molecular weight is 475 g/mol. The van der Waals surface area contributed by atoms with Crippen LogP contribution in [0.15, 0.2) is 88.7 Å². The molecule has 1 unspecified atom stereocenters. The Balaban J connectivity index is 1.61. The van der Waals surface area contributed by atoms with Gasteiger partial charge in [-0.1, -0.05) is 56.3 Å². The summed E-state index contributed by atoms with van der Waals surface area (Å²) >= 11 is 0. The van der Waals surface area contributed by atoms with Crippen LogP contribution in [0.2, 0.25) is 0 Å². The van der Waals surface area contributed by atoms with Crippen molar-refractivity contribution >= 4 is 11.7 Å². The van der Waals surface area contributed by atoms with Crippen molar-refractivity contribution in [3.63, 3.8) is 0 Å². The van der Waals surface area contributed by atoms with Gasteiger partial charge in [0, 0.05) is 13.1 Å². The summed E-state index contributed by atoms with van der Waals surface area (Å²) in [6, 6.07) is 19.6. The first-order chi connectivity index (χ1) is 17.0. The van der Waals surface area contributed by atoms with Gasteiger partial charge in [0.25, 0.3) is 5.91 Å². The summed E-state index contributed by atoms with van der Waals surface area (Å²) in [5.74, 6) is -0.830. The number of ketones is 1. The summed E-state index contributed by atoms with van der Waals surface area (Å²) < 4.78 is 11.2. The maximum absolute atomic E-state index is 13.2. The molecule has 7 heteroatoms. The molecule has 0 fully saturated rings. The molecular weight excluding hydrogens is 444 g/mol. The molecule has 1 aliphatic rings. The zero-order valence-corrected chi connectivity index (χ0v) is 20.0. The quantitative estimate of drug-likeness (QED) is 0.403. The van der Waals surface area contributed by atoms with E-state index in [1.165, 1.54) is 12.3 Å². The Labute approximate surface area is 205 Å². The van der Waals surface area contributed by atoms with Gasteiger partial charge in [-0.05, 0) is 48.5 Å². The number of aliphatic hydroxyl groups excluding tert-OH is 1. The molecule has 1 amide bonds. The lowest BCUT2D eigenvalue weighted by Gasteiger charge is -2.29. The zero-order valence-electron chi connectivity index (χ0n) is 20.0. The number of hydrogen-bond donors (Lipinski definition) is 1. The van der Waals surface area contributed by atoms with E-state index in [1.54, 1.807) is 11.0 Å². The second kappa shape index (κ2) is 11.1. The van der Waals surface area contributed by atoms with Crippen molar-refractivity contribution in [3.8, 4) is 5.75 Å². The lowest BCUT2D eigenvalue weighted by Crippen LogP contribution is -2.38. The molecule has 0 aliphatic carbocycles. The molecular formula is C28H30N2O5. The summed E-state index contributed by atoms with van der Waals surface area (Å²) in [5.41, 5.74) is 1.80. The minimum atomic E-state index is -0.723. The third-order valence-corrected chi connectivity index (χ3v) is 6.29. The lowest BCUT2D eigenvalue weighted by atomic mass is 9.95. The smallest absolute Gasteiger partial charge is 0.290 e. The van der Waals surface area contributed by atoms with Gasteiger partial charge < -0.3 is 24.1 Å². The fourth-order valence-electron chi connectivity index (χ4n) is 4.28. The number of hydrogen-bond acceptors (Lipinski definition) is 6. The molecule has 4 rings (SSSR count). The van der Waals surface area contributed by atoms with Crippen LogP contribution in [-0.2, 0) is 11.4 Å². The summed E-state index contributed by atoms with van der Waals surface area (Å²) in [6.07, 6.45) is 1.40. The molecule has 1 aromatic heterocycles. The standard InChI is InChI=1S/C28H30N2O5/c1-3-29(4-2)16-17-30-25(24(27(32)28(30)33)26(31)23-11-8-18-34-23)21-12-14-22(15-13-21)35-19-20-9-6-5-7-10-20/h5-15,18,25,32H,3-4,16-17,19H2,1-2H3. The van der Waals surface area contributed by atoms with E-state index in [4.69, 9.17) is 9.15 Å². The highest BCUT2D eigenvalue weighted by Crippen LogP contribution is 2.39. The SMILES string of the molecule is CCN(CC)CCN1C(=O)C(O)=C(C(=O)c2ccco2)C1c1ccc(OCc2ccccc2)cc1. The highest BCUT2D eigenvalue weighted by molar-refractivity contribution is 6.15. The molecule has 1 N–H and O–H groups in total. The number of carbonyl (C=O) groups excluding carboxylic acids is 2. The Morgan fingerprint density at radius 2 is 1.74 bits per heavy atom. The van der Waals surface area contributed by atoms with Crippen LogP contribution in [0.4, 0.5) is 0 Å². The summed E-state index contributed by atoms with van der Waals surface area (Å²) in [7, 11) is 0. The molecule has 0 saturated carbocycles. The number of rotatable bonds is 11. The third-order valence-electron chi connectivity index (χ3n) is 6.29. The van der Waals surface area contributed by atoms with E-state index >= 15 is 0 Å². The molecule has 1 aliphatic heterocycles. The fourth-order valence-corrected chi connectivity index (χ4v) is 4.28. The molecule has 0 saturated heterocycles. The molecule has 2 aromatic carbocycles. The number of likely N-dealkylation sites (N-methyl/N-ethyl adjacent to an activating group) is 1. The first-order valence-corrected chi connectivity index (χ1v) is 11.8. The lowest BCUT2D eigenvalue weighted by molar-refractivity contribution is -0.129. The Hall–Kier alpha value is -3.84. The van der Waals surface area contributed by atoms with Gasteiger partial charge in [-0.25, -0.2) is 0 Å². The zero-order chi connectivity index (χ0) is 24.8. The minimum absolute atomic E-state index is 0.0300. The van der Waals surface area contributed by atoms with Crippen LogP contribution in [0.25, 0.3) is 0 Å². The van der Waals surface area contributed by atoms with Gasteiger partial charge >= 0.3 is 0 Å². The van der Waals surface area contributed by atoms with Crippen LogP contribution in [0.5, 0.6) is 5.75 Å². The monoisotopic (exact) mass is 474 g/mol. The maximum atomic E-state index is 13.2. The Bertz CT molecular complexity index is 1170. The fraction of sp³-hybridized carbons (Fsp3) is 0.286. The molecule has 182 valence electrons. The van der Waals surface area contributed by atoms with E-state index in [1.807, 2.05) is 54.6 Å². The van der Waals surface area contributed by atoms with E-state index in [0.29, 0.717) is 31.0 Å². The summed E-state index contributed by atoms with van der Waals surface area (Å²) in [5, 5.41) is 10.8. The summed E-state index contributed by atoms with van der Waals surface area (Å²) in [6.45, 7) is 7.23. The number of benzene rings is 2. The van der Waals surface area contributed by atoms with E-state index < -0.39 is 23.5 Å². The predicted octanol–water partition coefficient (Wildman–Crippen LogP) is 4.78. The van der Waals surface area contributed by atoms with Gasteiger partial charge in [0.15, 0.2) is 11.5 Å². The Kier molecular flexibility index (Phi) is 7.67. The average Bonchev–Trinajstić information content (AvgIpc) is 3.52. The molecule has 0 spiro atoms. The Morgan fingerprint density at radius 1 is 1.03 bits per heavy atom. The molecule has 7 nitrogen and oxygen atoms in total. The number of nitrogens with zero attached hydrogens (tertiary/aromatic N) is 2. The molecule has 35 heavy (non-hydrogen) atoms. The maximum Gasteiger partial charge on any atom is 0.290 e. The first kappa shape index (κ1) is 24.3. The van der Waals surface area contributed by atoms with Crippen LogP contribution < -0.4 is 4.74 Å². The second-order valence-corrected chi connectivity index (χ2v) is 8.34. The third kappa shape index (κ3) is 5.30. The van der Waals surface area contributed by atoms with Gasteiger partial charge in [-0.3, -0.25) is 9.59 Å². The van der Waals surface area contributed by atoms with Crippen molar-refractivity contribution in [2.45, 2.75) is 26.5 Å². The number of carbonyl (C=O) groups is 2. The predicted molar refractivity (Wildman–Crippen MR) is 132 cm³/mol. The van der Waals surface area contributed by atoms with Crippen molar-refractivity contribution < 1.29 is 23.8 Å². The van der Waals surface area contributed by atoms with E-state index in [2.05, 4.69) is 18.7 Å². The highest BCUT2D eigenvalue weighted by atomic mass is 16.5. The van der Waals surface area contributed by atoms with Crippen molar-refractivity contribution in [1.29, 1.82) is 0 Å². The van der Waals surface area contributed by atoms with Crippen LogP contribution in [-0.4, -0.2) is 52.8 Å². The molecule has 0 bridgehead atoms. The van der Waals surface area contributed by atoms with Crippen molar-refractivity contribution in [3.05, 3.63) is 101 Å². The topological polar surface area (TPSA) is 83.2 Å². The molecule has 0 radical (unpaired) electrons. The number of aliphatic hydroxyl groups is 1. The largest absolute Gasteiger partial charge is 0.503 e. The second-order valence-electron chi connectivity index (χ2n) is 8.34. The normalized spacial score (nSPS) is 15.8. The highest BCUT2D eigenvalue weighted by Gasteiger charge is 2.44. The van der Waals surface area contributed by atoms with E-state index in [9.17, 15) is 14.7 Å². The molecule has 1 atom stereocenters. The van der Waals surface area contributed by atoms with Crippen LogP contribution in [0.3, 0.4) is 0 Å². The number of amides is 1. The number of furan rings is 1.